The van der Waals surface area contributed by atoms with Crippen molar-refractivity contribution in [3.63, 3.8) is 0 Å². The van der Waals surface area contributed by atoms with Gasteiger partial charge in [0.05, 0.1) is 26.2 Å². The van der Waals surface area contributed by atoms with Gasteiger partial charge in [0.15, 0.2) is 12.1 Å². The van der Waals surface area contributed by atoms with Crippen molar-refractivity contribution < 1.29 is 23.0 Å². The Hall–Kier alpha value is -1.34. The summed E-state index contributed by atoms with van der Waals surface area (Å²) in [6, 6.07) is 0. The number of nitrogens with zero attached hydrogens (tertiary/aromatic N) is 2. The summed E-state index contributed by atoms with van der Waals surface area (Å²) < 4.78 is 41.9. The lowest BCUT2D eigenvalue weighted by Gasteiger charge is -2.21. The zero-order chi connectivity index (χ0) is 14.5. The molecule has 0 aromatic heterocycles. The second-order valence-electron chi connectivity index (χ2n) is 4.64. The van der Waals surface area contributed by atoms with Gasteiger partial charge in [0, 0.05) is 12.3 Å². The quantitative estimate of drug-likeness (QED) is 0.796. The van der Waals surface area contributed by atoms with E-state index in [0.29, 0.717) is 31.1 Å². The molecule has 0 bridgehead atoms. The maximum Gasteiger partial charge on any atom is 0.297 e. The maximum atomic E-state index is 12.9. The molecule has 1 fully saturated rings. The number of hydrogen-bond acceptors (Lipinski definition) is 5. The van der Waals surface area contributed by atoms with Crippen molar-refractivity contribution >= 4 is 11.5 Å². The average molecular weight is 288 g/mol. The number of allylic oxidation sites excluding steroid dienone is 1. The Kier molecular flexibility index (Phi) is 5.19. The molecular weight excluding hydrogens is 270 g/mol. The van der Waals surface area contributed by atoms with Gasteiger partial charge in [0.25, 0.3) is 6.43 Å². The van der Waals surface area contributed by atoms with Crippen LogP contribution >= 0.6 is 0 Å². The van der Waals surface area contributed by atoms with Crippen molar-refractivity contribution in [3.8, 4) is 0 Å². The van der Waals surface area contributed by atoms with E-state index in [4.69, 9.17) is 14.2 Å². The van der Waals surface area contributed by atoms with E-state index in [2.05, 4.69) is 9.98 Å². The molecular formula is C13H18F2N2O3. The second-order valence-corrected chi connectivity index (χ2v) is 4.64. The summed E-state index contributed by atoms with van der Waals surface area (Å²) >= 11 is 0. The number of rotatable bonds is 4. The Morgan fingerprint density at radius 1 is 1.45 bits per heavy atom. The van der Waals surface area contributed by atoms with Crippen molar-refractivity contribution in [2.75, 3.05) is 20.3 Å². The van der Waals surface area contributed by atoms with E-state index in [1.807, 2.05) is 0 Å². The molecule has 5 nitrogen and oxygen atoms in total. The first-order valence-corrected chi connectivity index (χ1v) is 6.47. The van der Waals surface area contributed by atoms with E-state index < -0.39 is 18.5 Å². The fraction of sp³-hybridized carbons (Fsp3) is 0.692. The number of hydrogen-bond donors (Lipinski definition) is 0. The van der Waals surface area contributed by atoms with E-state index in [1.165, 1.54) is 7.11 Å². The molecule has 0 radical (unpaired) electrons. The Morgan fingerprint density at radius 2 is 2.25 bits per heavy atom. The van der Waals surface area contributed by atoms with Gasteiger partial charge in [-0.3, -0.25) is 0 Å². The molecule has 0 saturated carbocycles. The van der Waals surface area contributed by atoms with Crippen LogP contribution in [0.4, 0.5) is 8.78 Å². The Balaban J connectivity index is 2.18. The fourth-order valence-corrected chi connectivity index (χ4v) is 2.07. The first kappa shape index (κ1) is 15.1. The van der Waals surface area contributed by atoms with Crippen molar-refractivity contribution in [1.29, 1.82) is 0 Å². The summed E-state index contributed by atoms with van der Waals surface area (Å²) in [5.74, 6) is 0.102. The van der Waals surface area contributed by atoms with Crippen molar-refractivity contribution in [2.45, 2.75) is 38.5 Å². The topological polar surface area (TPSA) is 52.4 Å². The van der Waals surface area contributed by atoms with Gasteiger partial charge >= 0.3 is 0 Å². The Morgan fingerprint density at radius 3 is 2.85 bits per heavy atom. The summed E-state index contributed by atoms with van der Waals surface area (Å²) in [7, 11) is 1.52. The molecule has 2 heterocycles. The first-order chi connectivity index (χ1) is 9.58. The van der Waals surface area contributed by atoms with Gasteiger partial charge in [-0.25, -0.2) is 18.8 Å². The van der Waals surface area contributed by atoms with E-state index in [0.717, 1.165) is 6.42 Å². The van der Waals surface area contributed by atoms with Gasteiger partial charge in [-0.15, -0.1) is 0 Å². The van der Waals surface area contributed by atoms with E-state index >= 15 is 0 Å². The minimum Gasteiger partial charge on any atom is -0.501 e. The van der Waals surface area contributed by atoms with Crippen LogP contribution in [0.3, 0.4) is 0 Å². The normalized spacial score (nSPS) is 30.1. The third-order valence-electron chi connectivity index (χ3n) is 3.01. The minimum atomic E-state index is -2.73. The van der Waals surface area contributed by atoms with Crippen LogP contribution in [-0.2, 0) is 14.2 Å². The van der Waals surface area contributed by atoms with E-state index in [1.54, 1.807) is 13.0 Å². The number of alkyl halides is 2. The molecule has 7 heteroatoms. The number of amidine groups is 1. The monoisotopic (exact) mass is 288 g/mol. The number of halogens is 2. The van der Waals surface area contributed by atoms with E-state index in [-0.39, 0.29) is 6.10 Å². The summed E-state index contributed by atoms with van der Waals surface area (Å²) in [5, 5.41) is 0. The highest BCUT2D eigenvalue weighted by molar-refractivity contribution is 6.04. The highest BCUT2D eigenvalue weighted by atomic mass is 19.3. The van der Waals surface area contributed by atoms with Gasteiger partial charge in [-0.2, -0.15) is 0 Å². The maximum absolute atomic E-state index is 12.9. The molecule has 0 aromatic carbocycles. The van der Waals surface area contributed by atoms with Crippen LogP contribution in [0.5, 0.6) is 0 Å². The number of aliphatic imine (C=N–C) groups is 2. The van der Waals surface area contributed by atoms with Crippen LogP contribution in [0.1, 0.15) is 19.8 Å². The molecule has 0 aromatic rings. The Labute approximate surface area is 116 Å². The van der Waals surface area contributed by atoms with Crippen LogP contribution in [-0.4, -0.2) is 50.6 Å². The second kappa shape index (κ2) is 6.90. The molecule has 2 atom stereocenters. The van der Waals surface area contributed by atoms with Crippen LogP contribution in [0.2, 0.25) is 0 Å². The molecule has 0 aliphatic carbocycles. The van der Waals surface area contributed by atoms with Crippen LogP contribution in [0.15, 0.2) is 21.8 Å². The highest BCUT2D eigenvalue weighted by Gasteiger charge is 2.25. The number of ether oxygens (including phenoxy) is 3. The van der Waals surface area contributed by atoms with Crippen LogP contribution in [0.25, 0.3) is 0 Å². The van der Waals surface area contributed by atoms with Gasteiger partial charge in [0.1, 0.15) is 5.76 Å². The van der Waals surface area contributed by atoms with Crippen LogP contribution in [0, 0.1) is 0 Å². The summed E-state index contributed by atoms with van der Waals surface area (Å²) in [5.41, 5.74) is 0.434. The van der Waals surface area contributed by atoms with Gasteiger partial charge in [0.2, 0.25) is 0 Å². The predicted octanol–water partition coefficient (Wildman–Crippen LogP) is 2.18. The standard InChI is InChI=1S/C13H18F2N2O3/c1-8-5-10(18-2)6-11(17-13(16-8)12(14)15)20-9-3-4-19-7-9/h5,9,11-12H,3-4,6-7H2,1-2H3/b10-5+,16-8?,17-13?/t9-,11?/m0/s1. The fourth-order valence-electron chi connectivity index (χ4n) is 2.07. The highest BCUT2D eigenvalue weighted by Crippen LogP contribution is 2.20. The molecule has 2 rings (SSSR count). The van der Waals surface area contributed by atoms with Crippen molar-refractivity contribution in [3.05, 3.63) is 11.8 Å². The molecule has 0 N–H and O–H groups in total. The molecule has 0 amide bonds. The van der Waals surface area contributed by atoms with Gasteiger partial charge in [-0.05, 0) is 19.4 Å². The molecule has 2 aliphatic rings. The zero-order valence-electron chi connectivity index (χ0n) is 11.5. The molecule has 0 spiro atoms. The van der Waals surface area contributed by atoms with E-state index in [9.17, 15) is 8.78 Å². The third kappa shape index (κ3) is 4.08. The lowest BCUT2D eigenvalue weighted by atomic mass is 10.2. The molecule has 112 valence electrons. The number of methoxy groups -OCH3 is 1. The molecule has 2 aliphatic heterocycles. The van der Waals surface area contributed by atoms with Crippen molar-refractivity contribution in [1.82, 2.24) is 0 Å². The Bertz CT molecular complexity index is 429. The average Bonchev–Trinajstić information content (AvgIpc) is 2.87. The van der Waals surface area contributed by atoms with Gasteiger partial charge in [-0.1, -0.05) is 0 Å². The molecule has 1 saturated heterocycles. The van der Waals surface area contributed by atoms with Gasteiger partial charge < -0.3 is 14.2 Å². The SMILES string of the molecule is CO/C1=C/C(C)=NC(C(F)F)=NC(O[C@H]2CCOC2)C1. The smallest absolute Gasteiger partial charge is 0.297 e. The molecule has 1 unspecified atom stereocenters. The van der Waals surface area contributed by atoms with Crippen molar-refractivity contribution in [2.24, 2.45) is 9.98 Å². The lowest BCUT2D eigenvalue weighted by Crippen LogP contribution is -2.25. The minimum absolute atomic E-state index is 0.120. The summed E-state index contributed by atoms with van der Waals surface area (Å²) in [6.07, 6.45) is -0.911. The third-order valence-corrected chi connectivity index (χ3v) is 3.01. The van der Waals surface area contributed by atoms with Crippen LogP contribution < -0.4 is 0 Å². The predicted molar refractivity (Wildman–Crippen MR) is 70.4 cm³/mol. The first-order valence-electron chi connectivity index (χ1n) is 6.47. The molecule has 20 heavy (non-hydrogen) atoms. The lowest BCUT2D eigenvalue weighted by molar-refractivity contribution is -0.0165. The summed E-state index contributed by atoms with van der Waals surface area (Å²) in [6.45, 7) is 2.71. The largest absolute Gasteiger partial charge is 0.501 e. The summed E-state index contributed by atoms with van der Waals surface area (Å²) in [4.78, 5) is 7.74. The zero-order valence-corrected chi connectivity index (χ0v) is 11.5.